The van der Waals surface area contributed by atoms with Gasteiger partial charge in [0.25, 0.3) is 5.91 Å². The smallest absolute Gasteiger partial charge is 0.272 e. The molecule has 0 aromatic carbocycles. The van der Waals surface area contributed by atoms with Crippen molar-refractivity contribution in [1.82, 2.24) is 20.4 Å². The number of hydrogen-bond acceptors (Lipinski definition) is 3. The Labute approximate surface area is 145 Å². The molecule has 5 nitrogen and oxygen atoms in total. The number of nitrogens with zero attached hydrogens (tertiary/aromatic N) is 2. The summed E-state index contributed by atoms with van der Waals surface area (Å²) >= 11 is 0. The van der Waals surface area contributed by atoms with Crippen molar-refractivity contribution in [3.8, 4) is 0 Å². The minimum Gasteiger partial charge on any atom is -0.348 e. The standard InChI is InChI=1S/C17H28N4O.ClH/c1-12-5-3-7-15(13(12)2)19-17(22)16-8-10-21(20-16)14-6-4-9-18-11-14;/h8,10,12-15,18H,3-7,9,11H2,1-2H3,(H,19,22);1H. The second-order valence-corrected chi connectivity index (χ2v) is 7.03. The average molecular weight is 341 g/mol. The highest BCUT2D eigenvalue weighted by Crippen LogP contribution is 2.29. The lowest BCUT2D eigenvalue weighted by Gasteiger charge is -2.34. The second kappa shape index (κ2) is 8.15. The molecule has 0 radical (unpaired) electrons. The molecular weight excluding hydrogens is 312 g/mol. The molecule has 1 aliphatic carbocycles. The van der Waals surface area contributed by atoms with Crippen LogP contribution in [-0.2, 0) is 0 Å². The van der Waals surface area contributed by atoms with Gasteiger partial charge >= 0.3 is 0 Å². The number of hydrogen-bond donors (Lipinski definition) is 2. The first-order valence-corrected chi connectivity index (χ1v) is 8.72. The molecule has 4 unspecified atom stereocenters. The first-order chi connectivity index (χ1) is 10.6. The molecule has 6 heteroatoms. The molecule has 1 saturated heterocycles. The van der Waals surface area contributed by atoms with Crippen molar-refractivity contribution in [3.63, 3.8) is 0 Å². The predicted molar refractivity (Wildman–Crippen MR) is 94.0 cm³/mol. The van der Waals surface area contributed by atoms with Crippen LogP contribution in [0, 0.1) is 11.8 Å². The van der Waals surface area contributed by atoms with Crippen LogP contribution in [0.1, 0.15) is 62.5 Å². The SMILES string of the molecule is CC1CCCC(NC(=O)c2ccn(C3CCCNC3)n2)C1C.Cl. The van der Waals surface area contributed by atoms with E-state index in [1.54, 1.807) is 0 Å². The molecule has 1 amide bonds. The lowest BCUT2D eigenvalue weighted by Crippen LogP contribution is -2.43. The normalized spacial score (nSPS) is 31.2. The van der Waals surface area contributed by atoms with E-state index < -0.39 is 0 Å². The van der Waals surface area contributed by atoms with Crippen LogP contribution in [0.25, 0.3) is 0 Å². The maximum Gasteiger partial charge on any atom is 0.272 e. The minimum absolute atomic E-state index is 0. The molecule has 23 heavy (non-hydrogen) atoms. The largest absolute Gasteiger partial charge is 0.348 e. The molecule has 3 rings (SSSR count). The number of carbonyl (C=O) groups is 1. The number of carbonyl (C=O) groups excluding carboxylic acids is 1. The molecule has 1 saturated carbocycles. The Bertz CT molecular complexity index is 512. The van der Waals surface area contributed by atoms with Crippen LogP contribution in [0.2, 0.25) is 0 Å². The van der Waals surface area contributed by atoms with Gasteiger partial charge in [-0.2, -0.15) is 5.10 Å². The third-order valence-electron chi connectivity index (χ3n) is 5.51. The molecule has 2 fully saturated rings. The summed E-state index contributed by atoms with van der Waals surface area (Å²) in [6, 6.07) is 2.52. The maximum absolute atomic E-state index is 12.5. The number of aromatic nitrogens is 2. The van der Waals surface area contributed by atoms with E-state index in [9.17, 15) is 4.79 Å². The van der Waals surface area contributed by atoms with Crippen molar-refractivity contribution < 1.29 is 4.79 Å². The Morgan fingerprint density at radius 1 is 1.30 bits per heavy atom. The van der Waals surface area contributed by atoms with Crippen molar-refractivity contribution in [3.05, 3.63) is 18.0 Å². The summed E-state index contributed by atoms with van der Waals surface area (Å²) < 4.78 is 1.95. The van der Waals surface area contributed by atoms with Gasteiger partial charge < -0.3 is 10.6 Å². The Morgan fingerprint density at radius 2 is 2.13 bits per heavy atom. The quantitative estimate of drug-likeness (QED) is 0.889. The summed E-state index contributed by atoms with van der Waals surface area (Å²) in [5.41, 5.74) is 0.552. The van der Waals surface area contributed by atoms with Gasteiger partial charge in [0, 0.05) is 18.8 Å². The van der Waals surface area contributed by atoms with Crippen LogP contribution < -0.4 is 10.6 Å². The van der Waals surface area contributed by atoms with Crippen LogP contribution in [0.4, 0.5) is 0 Å². The zero-order valence-corrected chi connectivity index (χ0v) is 14.9. The Hall–Kier alpha value is -1.07. The number of rotatable bonds is 3. The van der Waals surface area contributed by atoms with Crippen LogP contribution in [-0.4, -0.2) is 34.8 Å². The van der Waals surface area contributed by atoms with Gasteiger partial charge in [0.2, 0.25) is 0 Å². The average Bonchev–Trinajstić information content (AvgIpc) is 3.03. The van der Waals surface area contributed by atoms with Gasteiger partial charge in [-0.05, 0) is 43.7 Å². The van der Waals surface area contributed by atoms with Crippen molar-refractivity contribution in [2.24, 2.45) is 11.8 Å². The van der Waals surface area contributed by atoms with Gasteiger partial charge in [-0.15, -0.1) is 12.4 Å². The first kappa shape index (κ1) is 18.3. The van der Waals surface area contributed by atoms with E-state index in [1.165, 1.54) is 19.3 Å². The molecule has 1 aromatic heterocycles. The van der Waals surface area contributed by atoms with Gasteiger partial charge in [0.1, 0.15) is 5.69 Å². The fraction of sp³-hybridized carbons (Fsp3) is 0.765. The fourth-order valence-electron chi connectivity index (χ4n) is 3.75. The van der Waals surface area contributed by atoms with Gasteiger partial charge in [-0.3, -0.25) is 9.48 Å². The number of piperidine rings is 1. The Balaban J connectivity index is 0.00000192. The number of halogens is 1. The fourth-order valence-corrected chi connectivity index (χ4v) is 3.75. The summed E-state index contributed by atoms with van der Waals surface area (Å²) in [7, 11) is 0. The van der Waals surface area contributed by atoms with Crippen LogP contribution in [0.5, 0.6) is 0 Å². The molecule has 0 bridgehead atoms. The molecule has 2 aliphatic rings. The molecule has 2 N–H and O–H groups in total. The van der Waals surface area contributed by atoms with Crippen molar-refractivity contribution in [2.45, 2.75) is 58.0 Å². The van der Waals surface area contributed by atoms with E-state index >= 15 is 0 Å². The van der Waals surface area contributed by atoms with Gasteiger partial charge in [0.15, 0.2) is 0 Å². The number of amides is 1. The molecule has 0 spiro atoms. The summed E-state index contributed by atoms with van der Waals surface area (Å²) in [6.07, 6.45) is 7.82. The molecule has 2 heterocycles. The molecule has 130 valence electrons. The van der Waals surface area contributed by atoms with E-state index in [0.717, 1.165) is 25.9 Å². The molecule has 1 aliphatic heterocycles. The maximum atomic E-state index is 12.5. The predicted octanol–water partition coefficient (Wildman–Crippen LogP) is 2.78. The number of nitrogens with one attached hydrogen (secondary N) is 2. The third-order valence-corrected chi connectivity index (χ3v) is 5.51. The highest BCUT2D eigenvalue weighted by molar-refractivity contribution is 5.92. The molecule has 4 atom stereocenters. The molecule has 1 aromatic rings. The van der Waals surface area contributed by atoms with E-state index in [-0.39, 0.29) is 24.4 Å². The monoisotopic (exact) mass is 340 g/mol. The lowest BCUT2D eigenvalue weighted by atomic mass is 9.78. The third kappa shape index (κ3) is 4.27. The van der Waals surface area contributed by atoms with Gasteiger partial charge in [-0.1, -0.05) is 26.7 Å². The zero-order chi connectivity index (χ0) is 15.5. The second-order valence-electron chi connectivity index (χ2n) is 7.03. The first-order valence-electron chi connectivity index (χ1n) is 8.72. The summed E-state index contributed by atoms with van der Waals surface area (Å²) in [6.45, 7) is 6.57. The molecular formula is C17H29ClN4O. The highest BCUT2D eigenvalue weighted by atomic mass is 35.5. The summed E-state index contributed by atoms with van der Waals surface area (Å²) in [4.78, 5) is 12.5. The summed E-state index contributed by atoms with van der Waals surface area (Å²) in [5, 5.41) is 11.1. The Kier molecular flexibility index (Phi) is 6.48. The lowest BCUT2D eigenvalue weighted by molar-refractivity contribution is 0.0884. The zero-order valence-electron chi connectivity index (χ0n) is 14.1. The summed E-state index contributed by atoms with van der Waals surface area (Å²) in [5.74, 6) is 1.21. The van der Waals surface area contributed by atoms with Crippen molar-refractivity contribution >= 4 is 18.3 Å². The Morgan fingerprint density at radius 3 is 2.87 bits per heavy atom. The van der Waals surface area contributed by atoms with Gasteiger partial charge in [0.05, 0.1) is 6.04 Å². The van der Waals surface area contributed by atoms with Crippen molar-refractivity contribution in [1.29, 1.82) is 0 Å². The van der Waals surface area contributed by atoms with E-state index in [4.69, 9.17) is 0 Å². The van der Waals surface area contributed by atoms with Crippen LogP contribution in [0.3, 0.4) is 0 Å². The highest BCUT2D eigenvalue weighted by Gasteiger charge is 2.29. The van der Waals surface area contributed by atoms with E-state index in [2.05, 4.69) is 29.6 Å². The van der Waals surface area contributed by atoms with Crippen LogP contribution in [0.15, 0.2) is 12.3 Å². The minimum atomic E-state index is -0.0199. The topological polar surface area (TPSA) is 59.0 Å². The van der Waals surface area contributed by atoms with Gasteiger partial charge in [-0.25, -0.2) is 0 Å². The van der Waals surface area contributed by atoms with E-state index in [0.29, 0.717) is 23.6 Å². The van der Waals surface area contributed by atoms with E-state index in [1.807, 2.05) is 16.9 Å². The van der Waals surface area contributed by atoms with Crippen molar-refractivity contribution in [2.75, 3.05) is 13.1 Å². The van der Waals surface area contributed by atoms with Crippen LogP contribution >= 0.6 is 12.4 Å².